The van der Waals surface area contributed by atoms with Crippen molar-refractivity contribution in [3.05, 3.63) is 0 Å². The molecule has 0 unspecified atom stereocenters. The molecule has 31 heavy (non-hydrogen) atoms. The molecule has 0 bridgehead atoms. The summed E-state index contributed by atoms with van der Waals surface area (Å²) in [4.78, 5) is 35.6. The van der Waals surface area contributed by atoms with Crippen LogP contribution in [0.15, 0.2) is 5.16 Å². The third kappa shape index (κ3) is 5.75. The average Bonchev–Trinajstić information content (AvgIpc) is 3.15. The van der Waals surface area contributed by atoms with Crippen molar-refractivity contribution < 1.29 is 9.59 Å². The van der Waals surface area contributed by atoms with E-state index in [0.717, 1.165) is 0 Å². The van der Waals surface area contributed by atoms with E-state index in [1.54, 1.807) is 4.40 Å². The van der Waals surface area contributed by atoms with Crippen LogP contribution in [-0.4, -0.2) is 79.3 Å². The Labute approximate surface area is 186 Å². The number of likely N-dealkylation sites (tertiary alicyclic amines) is 1. The number of nitrogens with zero attached hydrogens (tertiary/aromatic N) is 6. The number of carbonyl (C=O) groups is 2. The first-order valence-corrected chi connectivity index (χ1v) is 11.7. The van der Waals surface area contributed by atoms with Crippen molar-refractivity contribution in [2.45, 2.75) is 51.7 Å². The Morgan fingerprint density at radius 2 is 1.81 bits per heavy atom. The van der Waals surface area contributed by atoms with Crippen LogP contribution in [0.25, 0.3) is 5.78 Å². The molecule has 0 aliphatic carbocycles. The van der Waals surface area contributed by atoms with Gasteiger partial charge in [-0.15, -0.1) is 10.2 Å². The van der Waals surface area contributed by atoms with Crippen LogP contribution in [0.5, 0.6) is 0 Å². The Morgan fingerprint density at radius 1 is 1.10 bits per heavy atom. The van der Waals surface area contributed by atoms with E-state index in [2.05, 4.69) is 36.1 Å². The number of aromatic nitrogens is 5. The van der Waals surface area contributed by atoms with Gasteiger partial charge in [-0.3, -0.25) is 9.59 Å². The standard InChI is InChI=1S/C19H31N9O2S/c1-5-20-16-23-17(21-6-2)28-18(24-16)25-26-19(28)31-11-14(29)27-9-7-13(8-10-27)15(30)22-12(3)4/h12-13H,5-11H2,1-4H3,(H,22,30)(H2,20,21,23,24,25). The summed E-state index contributed by atoms with van der Waals surface area (Å²) in [6.07, 6.45) is 1.38. The van der Waals surface area contributed by atoms with Gasteiger partial charge < -0.3 is 20.9 Å². The second-order valence-electron chi connectivity index (χ2n) is 7.66. The van der Waals surface area contributed by atoms with Gasteiger partial charge >= 0.3 is 0 Å². The minimum Gasteiger partial charge on any atom is -0.355 e. The molecule has 2 amide bonds. The number of fused-ring (bicyclic) bond motifs is 1. The zero-order valence-electron chi connectivity index (χ0n) is 18.5. The van der Waals surface area contributed by atoms with Crippen LogP contribution in [0.2, 0.25) is 0 Å². The lowest BCUT2D eigenvalue weighted by Crippen LogP contribution is -2.44. The van der Waals surface area contributed by atoms with Crippen LogP contribution in [0, 0.1) is 5.92 Å². The van der Waals surface area contributed by atoms with E-state index in [1.807, 2.05) is 32.6 Å². The lowest BCUT2D eigenvalue weighted by molar-refractivity contribution is -0.133. The molecule has 0 saturated carbocycles. The number of piperidine rings is 1. The fourth-order valence-electron chi connectivity index (χ4n) is 3.41. The maximum absolute atomic E-state index is 12.7. The van der Waals surface area contributed by atoms with Crippen LogP contribution in [0.4, 0.5) is 11.9 Å². The van der Waals surface area contributed by atoms with Crippen molar-refractivity contribution in [1.82, 2.24) is 34.8 Å². The summed E-state index contributed by atoms with van der Waals surface area (Å²) < 4.78 is 1.73. The monoisotopic (exact) mass is 449 g/mol. The summed E-state index contributed by atoms with van der Waals surface area (Å²) in [6, 6.07) is 0.131. The lowest BCUT2D eigenvalue weighted by Gasteiger charge is -2.31. The van der Waals surface area contributed by atoms with Gasteiger partial charge in [0, 0.05) is 38.1 Å². The fraction of sp³-hybridized carbons (Fsp3) is 0.684. The van der Waals surface area contributed by atoms with Crippen molar-refractivity contribution in [1.29, 1.82) is 0 Å². The molecule has 2 aromatic rings. The van der Waals surface area contributed by atoms with E-state index in [4.69, 9.17) is 0 Å². The Morgan fingerprint density at radius 3 is 2.45 bits per heavy atom. The fourth-order valence-corrected chi connectivity index (χ4v) is 4.24. The number of carbonyl (C=O) groups excluding carboxylic acids is 2. The normalized spacial score (nSPS) is 14.8. The molecule has 170 valence electrons. The van der Waals surface area contributed by atoms with Crippen molar-refractivity contribution in [3.63, 3.8) is 0 Å². The first kappa shape index (κ1) is 23.0. The first-order chi connectivity index (χ1) is 14.9. The number of nitrogens with one attached hydrogen (secondary N) is 3. The molecule has 2 aromatic heterocycles. The predicted molar refractivity (Wildman–Crippen MR) is 120 cm³/mol. The van der Waals surface area contributed by atoms with Crippen LogP contribution in [-0.2, 0) is 9.59 Å². The minimum absolute atomic E-state index is 0.0229. The quantitative estimate of drug-likeness (QED) is 0.484. The molecule has 0 atom stereocenters. The van der Waals surface area contributed by atoms with Crippen LogP contribution < -0.4 is 16.0 Å². The molecule has 0 spiro atoms. The third-order valence-electron chi connectivity index (χ3n) is 4.89. The van der Waals surface area contributed by atoms with E-state index >= 15 is 0 Å². The van der Waals surface area contributed by atoms with Crippen LogP contribution >= 0.6 is 11.8 Å². The summed E-state index contributed by atoms with van der Waals surface area (Å²) in [7, 11) is 0. The Hall–Kier alpha value is -2.63. The minimum atomic E-state index is -0.0229. The molecule has 3 heterocycles. The molecule has 11 nitrogen and oxygen atoms in total. The largest absolute Gasteiger partial charge is 0.355 e. The zero-order chi connectivity index (χ0) is 22.4. The van der Waals surface area contributed by atoms with Gasteiger partial charge in [-0.05, 0) is 40.5 Å². The Balaban J connectivity index is 1.61. The summed E-state index contributed by atoms with van der Waals surface area (Å²) >= 11 is 1.31. The Kier molecular flexibility index (Phi) is 7.88. The molecule has 1 fully saturated rings. The van der Waals surface area contributed by atoms with Gasteiger partial charge in [0.15, 0.2) is 5.16 Å². The number of amides is 2. The summed E-state index contributed by atoms with van der Waals surface area (Å²) in [6.45, 7) is 10.4. The van der Waals surface area contributed by atoms with Gasteiger partial charge in [0.2, 0.25) is 23.7 Å². The van der Waals surface area contributed by atoms with E-state index in [-0.39, 0.29) is 29.5 Å². The van der Waals surface area contributed by atoms with E-state index in [1.165, 1.54) is 11.8 Å². The highest BCUT2D eigenvalue weighted by atomic mass is 32.2. The van der Waals surface area contributed by atoms with E-state index in [0.29, 0.717) is 61.9 Å². The summed E-state index contributed by atoms with van der Waals surface area (Å²) in [5, 5.41) is 18.1. The highest BCUT2D eigenvalue weighted by Gasteiger charge is 2.28. The molecule has 3 rings (SSSR count). The second-order valence-corrected chi connectivity index (χ2v) is 8.60. The van der Waals surface area contributed by atoms with Gasteiger partial charge in [0.05, 0.1) is 5.75 Å². The van der Waals surface area contributed by atoms with Crippen molar-refractivity contribution in [3.8, 4) is 0 Å². The number of hydrogen-bond acceptors (Lipinski definition) is 9. The number of thioether (sulfide) groups is 1. The molecule has 0 aromatic carbocycles. The predicted octanol–water partition coefficient (Wildman–Crippen LogP) is 1.24. The lowest BCUT2D eigenvalue weighted by atomic mass is 9.95. The molecule has 1 aliphatic rings. The van der Waals surface area contributed by atoms with Crippen LogP contribution in [0.3, 0.4) is 0 Å². The first-order valence-electron chi connectivity index (χ1n) is 10.7. The van der Waals surface area contributed by atoms with Crippen molar-refractivity contribution in [2.24, 2.45) is 5.92 Å². The van der Waals surface area contributed by atoms with Gasteiger partial charge in [-0.1, -0.05) is 11.8 Å². The molecule has 1 aliphatic heterocycles. The van der Waals surface area contributed by atoms with E-state index in [9.17, 15) is 9.59 Å². The molecule has 0 radical (unpaired) electrons. The van der Waals surface area contributed by atoms with Crippen molar-refractivity contribution >= 4 is 41.3 Å². The maximum Gasteiger partial charge on any atom is 0.261 e. The highest BCUT2D eigenvalue weighted by Crippen LogP contribution is 2.23. The van der Waals surface area contributed by atoms with Crippen LogP contribution in [0.1, 0.15) is 40.5 Å². The van der Waals surface area contributed by atoms with Gasteiger partial charge in [-0.2, -0.15) is 9.97 Å². The molecular weight excluding hydrogens is 418 g/mol. The summed E-state index contributed by atoms with van der Waals surface area (Å²) in [5.74, 6) is 1.82. The zero-order valence-corrected chi connectivity index (χ0v) is 19.3. The molecule has 1 saturated heterocycles. The topological polar surface area (TPSA) is 129 Å². The maximum atomic E-state index is 12.7. The summed E-state index contributed by atoms with van der Waals surface area (Å²) in [5.41, 5.74) is 0. The van der Waals surface area contributed by atoms with Gasteiger partial charge in [0.25, 0.3) is 5.78 Å². The molecule has 3 N–H and O–H groups in total. The SMILES string of the molecule is CCNc1nc(NCC)n2c(SCC(=O)N3CCC(C(=O)NC(C)C)CC3)nnc2n1. The Bertz CT molecular complexity index is 909. The number of hydrogen-bond donors (Lipinski definition) is 3. The highest BCUT2D eigenvalue weighted by molar-refractivity contribution is 7.99. The number of anilines is 2. The molecular formula is C19H31N9O2S. The third-order valence-corrected chi connectivity index (χ3v) is 5.80. The van der Waals surface area contributed by atoms with E-state index < -0.39 is 0 Å². The molecule has 12 heteroatoms. The second kappa shape index (κ2) is 10.6. The smallest absolute Gasteiger partial charge is 0.261 e. The van der Waals surface area contributed by atoms with Gasteiger partial charge in [-0.25, -0.2) is 4.40 Å². The van der Waals surface area contributed by atoms with Crippen molar-refractivity contribution in [2.75, 3.05) is 42.6 Å². The van der Waals surface area contributed by atoms with Gasteiger partial charge in [0.1, 0.15) is 0 Å². The average molecular weight is 450 g/mol. The number of rotatable bonds is 9.